The van der Waals surface area contributed by atoms with Gasteiger partial charge in [-0.1, -0.05) is 109 Å². The highest BCUT2D eigenvalue weighted by molar-refractivity contribution is 7.90. The van der Waals surface area contributed by atoms with Crippen molar-refractivity contribution in [2.45, 2.75) is 10.4 Å². The van der Waals surface area contributed by atoms with Crippen LogP contribution in [0.15, 0.2) is 175 Å². The summed E-state index contributed by atoms with van der Waals surface area (Å²) >= 11 is 0. The molecular weight excluding hydrogens is 656 g/mol. The van der Waals surface area contributed by atoms with Crippen molar-refractivity contribution in [2.24, 2.45) is 0 Å². The molecule has 51 heavy (non-hydrogen) atoms. The molecule has 0 aliphatic rings. The Morgan fingerprint density at radius 2 is 1.10 bits per heavy atom. The summed E-state index contributed by atoms with van der Waals surface area (Å²) in [6, 6.07) is 50.1. The third kappa shape index (κ3) is 5.79. The molecule has 0 bridgehead atoms. The van der Waals surface area contributed by atoms with Crippen molar-refractivity contribution in [3.63, 3.8) is 0 Å². The summed E-state index contributed by atoms with van der Waals surface area (Å²) in [5, 5.41) is 6.18. The fraction of sp³-hybridized carbons (Fsp3) is 0.0465. The number of rotatable bonds is 8. The van der Waals surface area contributed by atoms with E-state index in [1.165, 1.54) is 24.7 Å². The lowest BCUT2D eigenvalue weighted by Gasteiger charge is -2.36. The van der Waals surface area contributed by atoms with Crippen LogP contribution in [-0.2, 0) is 15.4 Å². The van der Waals surface area contributed by atoms with Gasteiger partial charge in [-0.2, -0.15) is 5.10 Å². The Hall–Kier alpha value is -6.25. The summed E-state index contributed by atoms with van der Waals surface area (Å²) in [7, 11) is -3.36. The number of sulfone groups is 1. The summed E-state index contributed by atoms with van der Waals surface area (Å²) in [5.41, 5.74) is 7.49. The lowest BCUT2D eigenvalue weighted by molar-refractivity contribution is 0.461. The lowest BCUT2D eigenvalue weighted by atomic mass is 9.77. The summed E-state index contributed by atoms with van der Waals surface area (Å²) in [6.45, 7) is 0. The Labute approximate surface area is 295 Å². The molecule has 0 N–H and O–H groups in total. The van der Waals surface area contributed by atoms with Gasteiger partial charge in [0.15, 0.2) is 9.84 Å². The van der Waals surface area contributed by atoms with E-state index in [9.17, 15) is 12.8 Å². The monoisotopic (exact) mass is 686 g/mol. The van der Waals surface area contributed by atoms with E-state index in [1.54, 1.807) is 36.4 Å². The average molecular weight is 687 g/mol. The molecule has 6 nitrogen and oxygen atoms in total. The molecule has 8 rings (SSSR count). The smallest absolute Gasteiger partial charge is 0.175 e. The molecule has 0 aliphatic heterocycles. The second-order valence-corrected chi connectivity index (χ2v) is 14.4. The van der Waals surface area contributed by atoms with Gasteiger partial charge < -0.3 is 0 Å². The van der Waals surface area contributed by atoms with Crippen LogP contribution < -0.4 is 0 Å². The van der Waals surface area contributed by atoms with Gasteiger partial charge >= 0.3 is 0 Å². The first-order valence-corrected chi connectivity index (χ1v) is 18.3. The number of benzene rings is 6. The summed E-state index contributed by atoms with van der Waals surface area (Å²) in [5.74, 6) is -0.332. The van der Waals surface area contributed by atoms with Crippen molar-refractivity contribution in [1.82, 2.24) is 19.7 Å². The predicted octanol–water partition coefficient (Wildman–Crippen LogP) is 9.21. The van der Waals surface area contributed by atoms with E-state index in [0.29, 0.717) is 11.4 Å². The Balaban J connectivity index is 1.40. The minimum atomic E-state index is -3.36. The Morgan fingerprint density at radius 1 is 0.588 bits per heavy atom. The van der Waals surface area contributed by atoms with E-state index >= 15 is 0 Å². The molecule has 6 aromatic carbocycles. The van der Waals surface area contributed by atoms with Gasteiger partial charge in [0.05, 0.1) is 16.1 Å². The van der Waals surface area contributed by atoms with Crippen LogP contribution in [0, 0.1) is 5.82 Å². The highest BCUT2D eigenvalue weighted by Crippen LogP contribution is 2.43. The fourth-order valence-corrected chi connectivity index (χ4v) is 7.46. The second-order valence-electron chi connectivity index (χ2n) is 12.4. The number of hydrogen-bond donors (Lipinski definition) is 0. The van der Waals surface area contributed by atoms with E-state index in [4.69, 9.17) is 5.10 Å². The largest absolute Gasteiger partial charge is 0.252 e. The van der Waals surface area contributed by atoms with Crippen LogP contribution in [0.2, 0.25) is 0 Å². The van der Waals surface area contributed by atoms with E-state index in [2.05, 4.69) is 52.6 Å². The van der Waals surface area contributed by atoms with E-state index in [1.807, 2.05) is 77.5 Å². The zero-order valence-electron chi connectivity index (χ0n) is 27.6. The van der Waals surface area contributed by atoms with Gasteiger partial charge in [-0.25, -0.2) is 22.8 Å². The molecule has 0 saturated carbocycles. The molecule has 0 atom stereocenters. The lowest BCUT2D eigenvalue weighted by Crippen LogP contribution is -2.38. The van der Waals surface area contributed by atoms with Gasteiger partial charge in [0.25, 0.3) is 0 Å². The molecule has 8 heteroatoms. The van der Waals surface area contributed by atoms with Crippen molar-refractivity contribution >= 4 is 20.7 Å². The third-order valence-electron chi connectivity index (χ3n) is 9.25. The number of aromatic nitrogens is 4. The SMILES string of the molecule is CS(=O)(=O)c1ccc(-c2ncnc3ccc(-c4cn(C(c5ccccc5)(c5ccccc5)c5ccccc5)nc4-c4ccc(F)cc4)cc23)cc1. The summed E-state index contributed by atoms with van der Waals surface area (Å²) in [6.07, 6.45) is 4.77. The number of nitrogens with zero attached hydrogens (tertiary/aromatic N) is 4. The first-order chi connectivity index (χ1) is 24.8. The molecule has 0 aliphatic carbocycles. The van der Waals surface area contributed by atoms with Gasteiger partial charge in [-0.15, -0.1) is 0 Å². The van der Waals surface area contributed by atoms with Crippen molar-refractivity contribution in [3.8, 4) is 33.6 Å². The maximum atomic E-state index is 14.3. The molecule has 0 saturated heterocycles. The van der Waals surface area contributed by atoms with Gasteiger partial charge in [-0.3, -0.25) is 4.68 Å². The first-order valence-electron chi connectivity index (χ1n) is 16.4. The van der Waals surface area contributed by atoms with Crippen LogP contribution in [-0.4, -0.2) is 34.4 Å². The van der Waals surface area contributed by atoms with Crippen LogP contribution >= 0.6 is 0 Å². The Kier molecular flexibility index (Phi) is 8.09. The second kappa shape index (κ2) is 12.9. The first kappa shape index (κ1) is 32.0. The zero-order chi connectivity index (χ0) is 35.0. The molecule has 0 fully saturated rings. The number of halogens is 1. The third-order valence-corrected chi connectivity index (χ3v) is 10.4. The minimum absolute atomic E-state index is 0.236. The quantitative estimate of drug-likeness (QED) is 0.149. The number of fused-ring (bicyclic) bond motifs is 1. The van der Waals surface area contributed by atoms with Crippen LogP contribution in [0.5, 0.6) is 0 Å². The maximum absolute atomic E-state index is 14.3. The van der Waals surface area contributed by atoms with E-state index < -0.39 is 15.4 Å². The van der Waals surface area contributed by atoms with Gasteiger partial charge in [-0.05, 0) is 70.8 Å². The molecule has 248 valence electrons. The normalized spacial score (nSPS) is 11.9. The molecule has 0 unspecified atom stereocenters. The molecule has 0 spiro atoms. The van der Waals surface area contributed by atoms with Crippen LogP contribution in [0.25, 0.3) is 44.5 Å². The van der Waals surface area contributed by atoms with Crippen molar-refractivity contribution < 1.29 is 12.8 Å². The molecule has 2 heterocycles. The Bertz CT molecular complexity index is 2500. The van der Waals surface area contributed by atoms with Crippen LogP contribution in [0.1, 0.15) is 16.7 Å². The molecule has 0 amide bonds. The van der Waals surface area contributed by atoms with Crippen molar-refractivity contribution in [1.29, 1.82) is 0 Å². The van der Waals surface area contributed by atoms with Gasteiger partial charge in [0.1, 0.15) is 23.4 Å². The predicted molar refractivity (Wildman–Crippen MR) is 199 cm³/mol. The van der Waals surface area contributed by atoms with Crippen LogP contribution in [0.4, 0.5) is 4.39 Å². The fourth-order valence-electron chi connectivity index (χ4n) is 6.83. The van der Waals surface area contributed by atoms with Crippen molar-refractivity contribution in [2.75, 3.05) is 6.26 Å². The summed E-state index contributed by atoms with van der Waals surface area (Å²) in [4.78, 5) is 9.41. The number of hydrogen-bond acceptors (Lipinski definition) is 5. The molecule has 0 radical (unpaired) electrons. The van der Waals surface area contributed by atoms with E-state index in [-0.39, 0.29) is 10.7 Å². The molecule has 2 aromatic heterocycles. The topological polar surface area (TPSA) is 77.7 Å². The highest BCUT2D eigenvalue weighted by atomic mass is 32.2. The highest BCUT2D eigenvalue weighted by Gasteiger charge is 2.40. The van der Waals surface area contributed by atoms with Gasteiger partial charge in [0.2, 0.25) is 0 Å². The summed E-state index contributed by atoms with van der Waals surface area (Å²) < 4.78 is 40.6. The minimum Gasteiger partial charge on any atom is -0.252 e. The average Bonchev–Trinajstić information content (AvgIpc) is 3.62. The Morgan fingerprint density at radius 3 is 1.65 bits per heavy atom. The van der Waals surface area contributed by atoms with Crippen molar-refractivity contribution in [3.05, 3.63) is 193 Å². The molecular formula is C43H31FN4O2S. The zero-order valence-corrected chi connectivity index (χ0v) is 28.4. The van der Waals surface area contributed by atoms with E-state index in [0.717, 1.165) is 49.8 Å². The van der Waals surface area contributed by atoms with Gasteiger partial charge in [0, 0.05) is 34.5 Å². The molecule has 8 aromatic rings. The standard InChI is InChI=1S/C43H31FN4O2S/c1-51(49,50)37-24-19-30(20-25-37)41-38-27-32(21-26-40(38)45-29-46-41)39-28-48(47-42(39)31-17-22-36(44)23-18-31)43(33-11-5-2-6-12-33,34-13-7-3-8-14-34)35-15-9-4-10-16-35/h2-29H,1H3. The maximum Gasteiger partial charge on any atom is 0.175 e. The van der Waals surface area contributed by atoms with Crippen LogP contribution in [0.3, 0.4) is 0 Å².